The minimum Gasteiger partial charge on any atom is -0.374 e. The first-order valence-corrected chi connectivity index (χ1v) is 7.34. The second-order valence-electron chi connectivity index (χ2n) is 5.09. The molecule has 0 radical (unpaired) electrons. The molecule has 1 aromatic heterocycles. The second-order valence-corrected chi connectivity index (χ2v) is 6.15. The number of ether oxygens (including phenoxy) is 1. The van der Waals surface area contributed by atoms with Crippen molar-refractivity contribution in [1.82, 2.24) is 10.3 Å². The lowest BCUT2D eigenvalue weighted by Crippen LogP contribution is -2.19. The van der Waals surface area contributed by atoms with Crippen molar-refractivity contribution in [3.05, 3.63) is 15.6 Å². The van der Waals surface area contributed by atoms with Crippen LogP contribution in [0.3, 0.4) is 0 Å². The summed E-state index contributed by atoms with van der Waals surface area (Å²) in [6.07, 6.45) is 6.50. The zero-order valence-electron chi connectivity index (χ0n) is 10.5. The van der Waals surface area contributed by atoms with Gasteiger partial charge >= 0.3 is 0 Å². The van der Waals surface area contributed by atoms with E-state index in [1.807, 2.05) is 25.5 Å². The summed E-state index contributed by atoms with van der Waals surface area (Å²) in [5.74, 6) is 0.723. The minimum atomic E-state index is 0.253. The molecule has 1 fully saturated rings. The zero-order chi connectivity index (χ0) is 11.8. The third-order valence-corrected chi connectivity index (χ3v) is 5.14. The lowest BCUT2D eigenvalue weighted by Gasteiger charge is -2.20. The molecule has 94 valence electrons. The molecule has 2 unspecified atom stereocenters. The van der Waals surface area contributed by atoms with Crippen LogP contribution in [-0.4, -0.2) is 19.1 Å². The third kappa shape index (κ3) is 2.14. The highest BCUT2D eigenvalue weighted by Crippen LogP contribution is 2.46. The molecule has 1 N–H and O–H groups in total. The van der Waals surface area contributed by atoms with E-state index in [1.165, 1.54) is 41.3 Å². The van der Waals surface area contributed by atoms with Gasteiger partial charge in [0.1, 0.15) is 11.1 Å². The number of aromatic nitrogens is 1. The Labute approximate surface area is 107 Å². The maximum Gasteiger partial charge on any atom is 0.122 e. The minimum absolute atomic E-state index is 0.253. The average molecular weight is 252 g/mol. The fraction of sp³-hybridized carbons (Fsp3) is 0.769. The summed E-state index contributed by atoms with van der Waals surface area (Å²) in [4.78, 5) is 6.29. The van der Waals surface area contributed by atoms with Gasteiger partial charge in [-0.25, -0.2) is 4.98 Å². The van der Waals surface area contributed by atoms with Gasteiger partial charge in [-0.05, 0) is 45.1 Å². The maximum atomic E-state index is 5.63. The molecule has 0 bridgehead atoms. The van der Waals surface area contributed by atoms with Crippen LogP contribution in [0, 0.1) is 5.92 Å². The number of rotatable bonds is 4. The van der Waals surface area contributed by atoms with E-state index >= 15 is 0 Å². The van der Waals surface area contributed by atoms with Crippen molar-refractivity contribution in [2.24, 2.45) is 5.92 Å². The van der Waals surface area contributed by atoms with Gasteiger partial charge in [-0.1, -0.05) is 0 Å². The predicted molar refractivity (Wildman–Crippen MR) is 69.3 cm³/mol. The summed E-state index contributed by atoms with van der Waals surface area (Å²) < 4.78 is 5.63. The normalized spacial score (nSPS) is 25.6. The Morgan fingerprint density at radius 1 is 1.41 bits per heavy atom. The molecule has 17 heavy (non-hydrogen) atoms. The van der Waals surface area contributed by atoms with Gasteiger partial charge in [0.2, 0.25) is 0 Å². The summed E-state index contributed by atoms with van der Waals surface area (Å²) in [6, 6.07) is 0.515. The van der Waals surface area contributed by atoms with Crippen molar-refractivity contribution in [1.29, 1.82) is 0 Å². The second kappa shape index (κ2) is 4.67. The van der Waals surface area contributed by atoms with Crippen molar-refractivity contribution in [2.75, 3.05) is 14.2 Å². The standard InChI is InChI=1S/C13H20N2OS/c1-14-9-4-3-5-10-12(9)17-13(15-10)11(16-2)8-6-7-8/h8-9,11,14H,3-7H2,1-2H3. The van der Waals surface area contributed by atoms with Gasteiger partial charge in [0, 0.05) is 18.0 Å². The van der Waals surface area contributed by atoms with Crippen LogP contribution in [0.1, 0.15) is 53.4 Å². The highest BCUT2D eigenvalue weighted by atomic mass is 32.1. The van der Waals surface area contributed by atoms with Gasteiger partial charge < -0.3 is 10.1 Å². The van der Waals surface area contributed by atoms with Crippen molar-refractivity contribution in [3.63, 3.8) is 0 Å². The molecular formula is C13H20N2OS. The van der Waals surface area contributed by atoms with Gasteiger partial charge in [-0.2, -0.15) is 0 Å². The van der Waals surface area contributed by atoms with E-state index in [4.69, 9.17) is 9.72 Å². The molecule has 3 rings (SSSR count). The molecule has 0 spiro atoms. The quantitative estimate of drug-likeness (QED) is 0.894. The number of hydrogen-bond acceptors (Lipinski definition) is 4. The van der Waals surface area contributed by atoms with Gasteiger partial charge in [-0.15, -0.1) is 11.3 Å². The zero-order valence-corrected chi connectivity index (χ0v) is 11.3. The summed E-state index contributed by atoms with van der Waals surface area (Å²) in [7, 11) is 3.87. The van der Waals surface area contributed by atoms with E-state index in [0.29, 0.717) is 6.04 Å². The van der Waals surface area contributed by atoms with Crippen LogP contribution in [-0.2, 0) is 11.2 Å². The van der Waals surface area contributed by atoms with Crippen molar-refractivity contribution < 1.29 is 4.74 Å². The van der Waals surface area contributed by atoms with Crippen LogP contribution < -0.4 is 5.32 Å². The number of nitrogens with one attached hydrogen (secondary N) is 1. The van der Waals surface area contributed by atoms with Gasteiger partial charge in [0.05, 0.1) is 5.69 Å². The Morgan fingerprint density at radius 3 is 2.88 bits per heavy atom. The molecular weight excluding hydrogens is 232 g/mol. The van der Waals surface area contributed by atoms with Crippen molar-refractivity contribution in [2.45, 2.75) is 44.2 Å². The maximum absolute atomic E-state index is 5.63. The number of hydrogen-bond donors (Lipinski definition) is 1. The summed E-state index contributed by atoms with van der Waals surface area (Å²) in [5, 5.41) is 4.62. The lowest BCUT2D eigenvalue weighted by atomic mass is 9.98. The molecule has 1 saturated carbocycles. The van der Waals surface area contributed by atoms with Crippen LogP contribution in [0.15, 0.2) is 0 Å². The number of aryl methyl sites for hydroxylation is 1. The molecule has 0 aromatic carbocycles. The van der Waals surface area contributed by atoms with E-state index in [0.717, 1.165) is 12.3 Å². The van der Waals surface area contributed by atoms with E-state index in [2.05, 4.69) is 5.32 Å². The summed E-state index contributed by atoms with van der Waals surface area (Å²) in [5.41, 5.74) is 1.32. The Kier molecular flexibility index (Phi) is 3.19. The predicted octanol–water partition coefficient (Wildman–Crippen LogP) is 2.84. The summed E-state index contributed by atoms with van der Waals surface area (Å²) in [6.45, 7) is 0. The fourth-order valence-electron chi connectivity index (χ4n) is 2.73. The average Bonchev–Trinajstić information content (AvgIpc) is 3.08. The number of methoxy groups -OCH3 is 1. The Hall–Kier alpha value is -0.450. The first-order valence-electron chi connectivity index (χ1n) is 6.53. The largest absolute Gasteiger partial charge is 0.374 e. The van der Waals surface area contributed by atoms with Crippen LogP contribution in [0.25, 0.3) is 0 Å². The molecule has 0 aliphatic heterocycles. The summed E-state index contributed by atoms with van der Waals surface area (Å²) >= 11 is 1.87. The highest BCUT2D eigenvalue weighted by molar-refractivity contribution is 7.11. The monoisotopic (exact) mass is 252 g/mol. The van der Waals surface area contributed by atoms with Crippen molar-refractivity contribution >= 4 is 11.3 Å². The van der Waals surface area contributed by atoms with E-state index < -0.39 is 0 Å². The van der Waals surface area contributed by atoms with E-state index in [9.17, 15) is 0 Å². The first-order chi connectivity index (χ1) is 8.33. The smallest absolute Gasteiger partial charge is 0.122 e. The van der Waals surface area contributed by atoms with Crippen LogP contribution in [0.2, 0.25) is 0 Å². The molecule has 2 atom stereocenters. The third-order valence-electron chi connectivity index (χ3n) is 3.86. The van der Waals surface area contributed by atoms with E-state index in [1.54, 1.807) is 0 Å². The Morgan fingerprint density at radius 2 is 2.24 bits per heavy atom. The number of fused-ring (bicyclic) bond motifs is 1. The fourth-order valence-corrected chi connectivity index (χ4v) is 4.16. The Bertz CT molecular complexity index is 400. The highest BCUT2D eigenvalue weighted by Gasteiger charge is 2.36. The molecule has 1 heterocycles. The number of nitrogens with zero attached hydrogens (tertiary/aromatic N) is 1. The van der Waals surface area contributed by atoms with Crippen LogP contribution in [0.4, 0.5) is 0 Å². The SMILES string of the molecule is CNC1CCCc2nc(C(OC)C3CC3)sc21. The molecule has 1 aromatic rings. The number of thiazole rings is 1. The van der Waals surface area contributed by atoms with Crippen molar-refractivity contribution in [3.8, 4) is 0 Å². The topological polar surface area (TPSA) is 34.2 Å². The molecule has 0 saturated heterocycles. The lowest BCUT2D eigenvalue weighted by molar-refractivity contribution is 0.0842. The van der Waals surface area contributed by atoms with Gasteiger partial charge in [-0.3, -0.25) is 0 Å². The molecule has 2 aliphatic carbocycles. The molecule has 0 amide bonds. The first kappa shape index (κ1) is 11.6. The van der Waals surface area contributed by atoms with Crippen LogP contribution >= 0.6 is 11.3 Å². The molecule has 3 nitrogen and oxygen atoms in total. The van der Waals surface area contributed by atoms with Crippen LogP contribution in [0.5, 0.6) is 0 Å². The molecule has 2 aliphatic rings. The molecule has 4 heteroatoms. The Balaban J connectivity index is 1.89. The van der Waals surface area contributed by atoms with Gasteiger partial charge in [0.25, 0.3) is 0 Å². The van der Waals surface area contributed by atoms with E-state index in [-0.39, 0.29) is 6.10 Å². The van der Waals surface area contributed by atoms with Gasteiger partial charge in [0.15, 0.2) is 0 Å².